The van der Waals surface area contributed by atoms with Gasteiger partial charge in [0, 0.05) is 11.2 Å². The molecule has 0 amide bonds. The van der Waals surface area contributed by atoms with Crippen LogP contribution in [0.15, 0.2) is 0 Å². The van der Waals surface area contributed by atoms with Crippen molar-refractivity contribution in [3.05, 3.63) is 6.42 Å². The molecule has 1 heteroatoms. The Bertz CT molecular complexity index is 200. The lowest BCUT2D eigenvalue weighted by Crippen LogP contribution is -2.13. The van der Waals surface area contributed by atoms with Crippen LogP contribution < -0.4 is 0 Å². The summed E-state index contributed by atoms with van der Waals surface area (Å²) in [5.74, 6) is 2.45. The van der Waals surface area contributed by atoms with Crippen LogP contribution in [0.2, 0.25) is 0 Å². The van der Waals surface area contributed by atoms with Crippen LogP contribution in [0.25, 0.3) is 0 Å². The fourth-order valence-electron chi connectivity index (χ4n) is 1.93. The fourth-order valence-corrected chi connectivity index (χ4v) is 2.28. The van der Waals surface area contributed by atoms with E-state index in [2.05, 4.69) is 26.0 Å². The predicted octanol–water partition coefficient (Wildman–Crippen LogP) is 5.62. The zero-order valence-corrected chi connectivity index (χ0v) is 12.8. The van der Waals surface area contributed by atoms with E-state index in [4.69, 9.17) is 6.42 Å². The van der Waals surface area contributed by atoms with Gasteiger partial charge in [-0.2, -0.15) is 11.8 Å². The first-order chi connectivity index (χ1) is 8.12. The van der Waals surface area contributed by atoms with Gasteiger partial charge in [-0.15, -0.1) is 0 Å². The maximum absolute atomic E-state index is 6.81. The molecule has 0 spiro atoms. The molecule has 0 aliphatic carbocycles. The van der Waals surface area contributed by atoms with Gasteiger partial charge < -0.3 is 0 Å². The summed E-state index contributed by atoms with van der Waals surface area (Å²) < 4.78 is 0.475. The zero-order valence-electron chi connectivity index (χ0n) is 12.0. The van der Waals surface area contributed by atoms with Crippen LogP contribution in [0.4, 0.5) is 0 Å². The molecular weight excluding hydrogens is 224 g/mol. The smallest absolute Gasteiger partial charge is 0.0100 e. The van der Waals surface area contributed by atoms with Crippen molar-refractivity contribution in [1.82, 2.24) is 0 Å². The minimum absolute atomic E-state index is 0.475. The summed E-state index contributed by atoms with van der Waals surface area (Å²) in [5.41, 5.74) is 0. The van der Waals surface area contributed by atoms with Gasteiger partial charge in [-0.25, -0.2) is 0 Å². The first kappa shape index (κ1) is 16.9. The average molecular weight is 253 g/mol. The van der Waals surface area contributed by atoms with Gasteiger partial charge in [-0.3, -0.25) is 0 Å². The van der Waals surface area contributed by atoms with E-state index in [1.54, 1.807) is 0 Å². The van der Waals surface area contributed by atoms with E-state index in [0.717, 1.165) is 12.8 Å². The molecule has 0 fully saturated rings. The highest BCUT2D eigenvalue weighted by Gasteiger charge is 2.14. The molecule has 0 heterocycles. The number of rotatable bonds is 11. The van der Waals surface area contributed by atoms with Crippen molar-refractivity contribution in [3.63, 3.8) is 0 Å². The molecule has 0 aromatic rings. The summed E-state index contributed by atoms with van der Waals surface area (Å²) >= 11 is 1.99. The summed E-state index contributed by atoms with van der Waals surface area (Å²) in [6.07, 6.45) is 22.0. The van der Waals surface area contributed by atoms with Crippen LogP contribution in [0.3, 0.4) is 0 Å². The molecule has 1 radical (unpaired) electrons. The second kappa shape index (κ2) is 11.0. The van der Waals surface area contributed by atoms with Gasteiger partial charge in [0.25, 0.3) is 0 Å². The third-order valence-electron chi connectivity index (χ3n) is 3.38. The summed E-state index contributed by atoms with van der Waals surface area (Å²) in [5, 5.41) is 0. The van der Waals surface area contributed by atoms with E-state index in [9.17, 15) is 0 Å². The largest absolute Gasteiger partial charge is 0.159 e. The van der Waals surface area contributed by atoms with Gasteiger partial charge in [-0.1, -0.05) is 64.7 Å². The Kier molecular flexibility index (Phi) is 11.0. The molecule has 0 unspecified atom stereocenters. The Labute approximate surface area is 113 Å². The second-order valence-electron chi connectivity index (χ2n) is 5.47. The molecule has 99 valence electrons. The van der Waals surface area contributed by atoms with E-state index in [1.807, 2.05) is 11.8 Å². The van der Waals surface area contributed by atoms with E-state index in [0.29, 0.717) is 4.75 Å². The molecule has 0 atom stereocenters. The van der Waals surface area contributed by atoms with E-state index >= 15 is 0 Å². The first-order valence-electron chi connectivity index (χ1n) is 7.07. The standard InChI is InChI=1S/C16H29S/c1-5-6-7-8-9-10-11-12-13-14-15-16(2,3)17-4/h6-15H2,2-4H3. The molecule has 0 bridgehead atoms. The molecule has 0 saturated carbocycles. The van der Waals surface area contributed by atoms with Crippen LogP contribution in [0, 0.1) is 12.3 Å². The quantitative estimate of drug-likeness (QED) is 0.340. The van der Waals surface area contributed by atoms with Crippen LogP contribution in [-0.4, -0.2) is 11.0 Å². The normalized spacial score (nSPS) is 11.4. The van der Waals surface area contributed by atoms with Crippen LogP contribution in [0.5, 0.6) is 0 Å². The maximum atomic E-state index is 6.81. The van der Waals surface area contributed by atoms with Gasteiger partial charge in [-0.05, 0) is 25.5 Å². The van der Waals surface area contributed by atoms with E-state index in [1.165, 1.54) is 51.4 Å². The molecule has 0 aliphatic heterocycles. The van der Waals surface area contributed by atoms with Gasteiger partial charge in [0.2, 0.25) is 0 Å². The van der Waals surface area contributed by atoms with E-state index in [-0.39, 0.29) is 0 Å². The highest BCUT2D eigenvalue weighted by Crippen LogP contribution is 2.27. The molecule has 0 nitrogen and oxygen atoms in total. The van der Waals surface area contributed by atoms with Gasteiger partial charge in [0.1, 0.15) is 0 Å². The van der Waals surface area contributed by atoms with Gasteiger partial charge in [0.15, 0.2) is 0 Å². The summed E-state index contributed by atoms with van der Waals surface area (Å²) in [6, 6.07) is 0. The van der Waals surface area contributed by atoms with Crippen molar-refractivity contribution < 1.29 is 0 Å². The summed E-state index contributed by atoms with van der Waals surface area (Å²) in [6.45, 7) is 4.69. The van der Waals surface area contributed by atoms with Gasteiger partial charge in [0.05, 0.1) is 0 Å². The molecule has 0 aromatic heterocycles. The van der Waals surface area contributed by atoms with E-state index < -0.39 is 0 Å². The van der Waals surface area contributed by atoms with Crippen LogP contribution in [-0.2, 0) is 0 Å². The lowest BCUT2D eigenvalue weighted by molar-refractivity contribution is 0.531. The van der Waals surface area contributed by atoms with Crippen molar-refractivity contribution in [3.8, 4) is 5.92 Å². The Morgan fingerprint density at radius 1 is 0.882 bits per heavy atom. The lowest BCUT2D eigenvalue weighted by atomic mass is 10.0. The lowest BCUT2D eigenvalue weighted by Gasteiger charge is -2.21. The minimum Gasteiger partial charge on any atom is -0.159 e. The van der Waals surface area contributed by atoms with Crippen molar-refractivity contribution in [2.75, 3.05) is 6.26 Å². The minimum atomic E-state index is 0.475. The SMILES string of the molecule is [C]#CCCCCCCCCCCC(C)(C)SC. The Balaban J connectivity index is 3.12. The van der Waals surface area contributed by atoms with Crippen LogP contribution >= 0.6 is 11.8 Å². The molecule has 0 aromatic carbocycles. The summed E-state index contributed by atoms with van der Waals surface area (Å²) in [7, 11) is 0. The number of hydrogen-bond donors (Lipinski definition) is 0. The molecule has 0 N–H and O–H groups in total. The third-order valence-corrected chi connectivity index (χ3v) is 4.69. The average Bonchev–Trinajstić information content (AvgIpc) is 2.31. The maximum Gasteiger partial charge on any atom is 0.0100 e. The number of thioether (sulfide) groups is 1. The third kappa shape index (κ3) is 12.2. The zero-order chi connectivity index (χ0) is 13.0. The second-order valence-corrected chi connectivity index (χ2v) is 6.98. The van der Waals surface area contributed by atoms with Gasteiger partial charge >= 0.3 is 0 Å². The fraction of sp³-hybridized carbons (Fsp3) is 0.875. The molecular formula is C16H29S. The monoisotopic (exact) mass is 253 g/mol. The molecule has 0 rings (SSSR count). The van der Waals surface area contributed by atoms with Crippen molar-refractivity contribution in [2.45, 2.75) is 82.8 Å². The molecule has 17 heavy (non-hydrogen) atoms. The summed E-state index contributed by atoms with van der Waals surface area (Å²) in [4.78, 5) is 0. The van der Waals surface area contributed by atoms with Crippen molar-refractivity contribution in [2.24, 2.45) is 0 Å². The Hall–Kier alpha value is -0.0900. The first-order valence-corrected chi connectivity index (χ1v) is 8.29. The Morgan fingerprint density at radius 3 is 1.82 bits per heavy atom. The highest BCUT2D eigenvalue weighted by molar-refractivity contribution is 7.99. The molecule has 0 aliphatic rings. The number of hydrogen-bond acceptors (Lipinski definition) is 1. The number of unbranched alkanes of at least 4 members (excludes halogenated alkanes) is 8. The highest BCUT2D eigenvalue weighted by atomic mass is 32.2. The van der Waals surface area contributed by atoms with Crippen molar-refractivity contribution in [1.29, 1.82) is 0 Å². The predicted molar refractivity (Wildman–Crippen MR) is 80.9 cm³/mol. The van der Waals surface area contributed by atoms with Crippen LogP contribution in [0.1, 0.15) is 78.1 Å². The van der Waals surface area contributed by atoms with Crippen molar-refractivity contribution >= 4 is 11.8 Å². The Morgan fingerprint density at radius 2 is 1.35 bits per heavy atom. The molecule has 0 saturated heterocycles. The topological polar surface area (TPSA) is 0 Å².